The molecule has 1 heterocycles. The molecular formula is C21H36O9. The molecule has 11 unspecified atom stereocenters. The fraction of sp³-hybridized carbons (Fsp3) is 0.905. The molecule has 3 fully saturated rings. The summed E-state index contributed by atoms with van der Waals surface area (Å²) in [4.78, 5) is 0. The average molecular weight is 433 g/mol. The van der Waals surface area contributed by atoms with Gasteiger partial charge in [0.05, 0.1) is 24.4 Å². The van der Waals surface area contributed by atoms with E-state index >= 15 is 0 Å². The molecule has 9 nitrogen and oxygen atoms in total. The summed E-state index contributed by atoms with van der Waals surface area (Å²) in [6.45, 7) is 8.45. The molecule has 0 spiro atoms. The first-order valence-electron chi connectivity index (χ1n) is 10.5. The monoisotopic (exact) mass is 432 g/mol. The highest BCUT2D eigenvalue weighted by atomic mass is 16.7. The molecule has 0 aromatic rings. The molecule has 2 saturated carbocycles. The molecule has 0 amide bonds. The number of hydrogen-bond acceptors (Lipinski definition) is 9. The summed E-state index contributed by atoms with van der Waals surface area (Å²) < 4.78 is 11.3. The van der Waals surface area contributed by atoms with E-state index < -0.39 is 72.1 Å². The SMILES string of the molecule is C=C(C)C1(O)CC2C(C)(CCC(OC3OC(CO)C(O)C(O)C3O)C2(C)O)CC1O. The summed E-state index contributed by atoms with van der Waals surface area (Å²) in [6, 6.07) is 0. The molecule has 0 radical (unpaired) electrons. The third-order valence-electron chi connectivity index (χ3n) is 7.79. The molecule has 1 aliphatic heterocycles. The minimum absolute atomic E-state index is 0.0988. The van der Waals surface area contributed by atoms with Crippen molar-refractivity contribution in [2.45, 2.75) is 101 Å². The first kappa shape index (κ1) is 24.0. The van der Waals surface area contributed by atoms with Crippen LogP contribution in [0.1, 0.15) is 46.5 Å². The van der Waals surface area contributed by atoms with Gasteiger partial charge in [0, 0.05) is 0 Å². The average Bonchev–Trinajstić information content (AvgIpc) is 2.66. The van der Waals surface area contributed by atoms with Crippen molar-refractivity contribution in [2.75, 3.05) is 6.61 Å². The van der Waals surface area contributed by atoms with Crippen LogP contribution in [-0.4, -0.2) is 96.5 Å². The van der Waals surface area contributed by atoms with E-state index in [1.807, 2.05) is 6.92 Å². The lowest BCUT2D eigenvalue weighted by Crippen LogP contribution is -2.66. The second kappa shape index (κ2) is 8.06. The van der Waals surface area contributed by atoms with Gasteiger partial charge in [0.15, 0.2) is 6.29 Å². The fourth-order valence-corrected chi connectivity index (χ4v) is 5.62. The molecule has 174 valence electrons. The Morgan fingerprint density at radius 3 is 2.27 bits per heavy atom. The smallest absolute Gasteiger partial charge is 0.187 e. The van der Waals surface area contributed by atoms with E-state index in [0.717, 1.165) is 0 Å². The number of aliphatic hydroxyl groups excluding tert-OH is 5. The molecule has 7 N–H and O–H groups in total. The number of fused-ring (bicyclic) bond motifs is 1. The molecule has 3 rings (SSSR count). The van der Waals surface area contributed by atoms with Crippen molar-refractivity contribution < 1.29 is 45.2 Å². The molecule has 2 aliphatic carbocycles. The summed E-state index contributed by atoms with van der Waals surface area (Å²) >= 11 is 0. The van der Waals surface area contributed by atoms with Crippen LogP contribution < -0.4 is 0 Å². The third kappa shape index (κ3) is 3.74. The van der Waals surface area contributed by atoms with E-state index in [0.29, 0.717) is 24.8 Å². The van der Waals surface area contributed by atoms with Crippen LogP contribution in [-0.2, 0) is 9.47 Å². The zero-order valence-corrected chi connectivity index (χ0v) is 17.8. The van der Waals surface area contributed by atoms with Crippen LogP contribution in [0, 0.1) is 11.3 Å². The lowest BCUT2D eigenvalue weighted by atomic mass is 9.50. The van der Waals surface area contributed by atoms with Gasteiger partial charge >= 0.3 is 0 Å². The van der Waals surface area contributed by atoms with Crippen LogP contribution in [0.4, 0.5) is 0 Å². The topological polar surface area (TPSA) is 160 Å². The number of rotatable bonds is 4. The summed E-state index contributed by atoms with van der Waals surface area (Å²) in [7, 11) is 0. The summed E-state index contributed by atoms with van der Waals surface area (Å²) in [5, 5.41) is 72.7. The predicted molar refractivity (Wildman–Crippen MR) is 105 cm³/mol. The molecular weight excluding hydrogens is 396 g/mol. The van der Waals surface area contributed by atoms with Crippen molar-refractivity contribution in [1.29, 1.82) is 0 Å². The molecule has 30 heavy (non-hydrogen) atoms. The van der Waals surface area contributed by atoms with E-state index in [1.165, 1.54) is 0 Å². The van der Waals surface area contributed by atoms with E-state index in [-0.39, 0.29) is 6.42 Å². The van der Waals surface area contributed by atoms with Crippen LogP contribution in [0.25, 0.3) is 0 Å². The predicted octanol–water partition coefficient (Wildman–Crippen LogP) is -1.20. The fourth-order valence-electron chi connectivity index (χ4n) is 5.62. The summed E-state index contributed by atoms with van der Waals surface area (Å²) in [6.07, 6.45) is -7.49. The van der Waals surface area contributed by atoms with Gasteiger partial charge in [-0.1, -0.05) is 13.5 Å². The Balaban J connectivity index is 1.83. The largest absolute Gasteiger partial charge is 0.394 e. The second-order valence-electron chi connectivity index (χ2n) is 9.92. The molecule has 0 aromatic heterocycles. The molecule has 0 aromatic carbocycles. The van der Waals surface area contributed by atoms with Gasteiger partial charge in [-0.3, -0.25) is 0 Å². The lowest BCUT2D eigenvalue weighted by Gasteiger charge is -2.60. The van der Waals surface area contributed by atoms with Crippen molar-refractivity contribution in [3.8, 4) is 0 Å². The highest BCUT2D eigenvalue weighted by Gasteiger charge is 2.61. The van der Waals surface area contributed by atoms with Gasteiger partial charge in [-0.25, -0.2) is 0 Å². The highest BCUT2D eigenvalue weighted by molar-refractivity contribution is 5.21. The third-order valence-corrected chi connectivity index (χ3v) is 7.79. The molecule has 3 aliphatic rings. The van der Waals surface area contributed by atoms with Crippen molar-refractivity contribution >= 4 is 0 Å². The summed E-state index contributed by atoms with van der Waals surface area (Å²) in [5.74, 6) is -0.446. The van der Waals surface area contributed by atoms with Crippen LogP contribution in [0.15, 0.2) is 12.2 Å². The Bertz CT molecular complexity index is 652. The summed E-state index contributed by atoms with van der Waals surface area (Å²) in [5.41, 5.74) is -3.00. The first-order chi connectivity index (χ1) is 13.8. The maximum Gasteiger partial charge on any atom is 0.187 e. The lowest BCUT2D eigenvalue weighted by molar-refractivity contribution is -0.336. The van der Waals surface area contributed by atoms with Crippen LogP contribution in [0.3, 0.4) is 0 Å². The van der Waals surface area contributed by atoms with E-state index in [9.17, 15) is 35.7 Å². The van der Waals surface area contributed by atoms with Crippen LogP contribution >= 0.6 is 0 Å². The number of ether oxygens (including phenoxy) is 2. The van der Waals surface area contributed by atoms with Crippen molar-refractivity contribution in [3.63, 3.8) is 0 Å². The Kier molecular flexibility index (Phi) is 6.46. The van der Waals surface area contributed by atoms with E-state index in [4.69, 9.17) is 9.47 Å². The minimum Gasteiger partial charge on any atom is -0.394 e. The Morgan fingerprint density at radius 2 is 1.70 bits per heavy atom. The van der Waals surface area contributed by atoms with Gasteiger partial charge < -0.3 is 45.2 Å². The standard InChI is InChI=1S/C21H36O9/c1-10(2)21(28)7-12-19(3,8-13(21)23)6-5-14(20(12,4)27)30-18-17(26)16(25)15(24)11(9-22)29-18/h11-18,22-28H,1,5-9H2,2-4H3. The Labute approximate surface area is 176 Å². The number of aliphatic hydroxyl groups is 7. The van der Waals surface area contributed by atoms with Gasteiger partial charge in [-0.05, 0) is 56.4 Å². The molecule has 11 atom stereocenters. The molecule has 1 saturated heterocycles. The zero-order chi connectivity index (χ0) is 22.6. The number of hydrogen-bond donors (Lipinski definition) is 7. The quantitative estimate of drug-likeness (QED) is 0.214. The van der Waals surface area contributed by atoms with Gasteiger partial charge in [0.2, 0.25) is 0 Å². The maximum atomic E-state index is 11.5. The van der Waals surface area contributed by atoms with E-state index in [1.54, 1.807) is 13.8 Å². The highest BCUT2D eigenvalue weighted by Crippen LogP contribution is 2.58. The van der Waals surface area contributed by atoms with Crippen LogP contribution in [0.2, 0.25) is 0 Å². The van der Waals surface area contributed by atoms with Gasteiger partial charge in [-0.2, -0.15) is 0 Å². The Hall–Kier alpha value is -0.620. The van der Waals surface area contributed by atoms with Crippen LogP contribution in [0.5, 0.6) is 0 Å². The van der Waals surface area contributed by atoms with Gasteiger partial charge in [0.1, 0.15) is 30.0 Å². The minimum atomic E-state index is -1.57. The van der Waals surface area contributed by atoms with Gasteiger partial charge in [0.25, 0.3) is 0 Å². The Morgan fingerprint density at radius 1 is 1.07 bits per heavy atom. The zero-order valence-electron chi connectivity index (χ0n) is 17.8. The second-order valence-corrected chi connectivity index (χ2v) is 9.92. The van der Waals surface area contributed by atoms with Crippen molar-refractivity contribution in [3.05, 3.63) is 12.2 Å². The molecule has 9 heteroatoms. The molecule has 0 bridgehead atoms. The van der Waals surface area contributed by atoms with Crippen molar-refractivity contribution in [1.82, 2.24) is 0 Å². The first-order valence-corrected chi connectivity index (χ1v) is 10.5. The van der Waals surface area contributed by atoms with Gasteiger partial charge in [-0.15, -0.1) is 0 Å². The van der Waals surface area contributed by atoms with E-state index in [2.05, 4.69) is 6.58 Å². The maximum absolute atomic E-state index is 11.5. The van der Waals surface area contributed by atoms with Crippen molar-refractivity contribution in [2.24, 2.45) is 11.3 Å². The normalized spacial score (nSPS) is 54.5.